The Kier molecular flexibility index (Phi) is 8.93. The third kappa shape index (κ3) is 7.38. The zero-order valence-electron chi connectivity index (χ0n) is 17.2. The summed E-state index contributed by atoms with van der Waals surface area (Å²) in [4.78, 5) is 20.5. The van der Waals surface area contributed by atoms with Crippen molar-refractivity contribution in [3.05, 3.63) is 42.5 Å². The predicted molar refractivity (Wildman–Crippen MR) is 113 cm³/mol. The average Bonchev–Trinajstić information content (AvgIpc) is 2.72. The number of nitrogens with zero attached hydrogens (tertiary/aromatic N) is 1. The lowest BCUT2D eigenvalue weighted by Gasteiger charge is -2.32. The van der Waals surface area contributed by atoms with Gasteiger partial charge in [-0.25, -0.2) is 9.59 Å². The van der Waals surface area contributed by atoms with Gasteiger partial charge in [0, 0.05) is 11.9 Å². The zero-order chi connectivity index (χ0) is 21.2. The second kappa shape index (κ2) is 11.4. The molecular weight excluding hydrogens is 370 g/mol. The molecule has 2 aromatic carbocycles. The van der Waals surface area contributed by atoms with E-state index in [4.69, 9.17) is 24.5 Å². The van der Waals surface area contributed by atoms with Crippen molar-refractivity contribution in [2.45, 2.75) is 44.6 Å². The first-order chi connectivity index (χ1) is 13.9. The first kappa shape index (κ1) is 22.7. The summed E-state index contributed by atoms with van der Waals surface area (Å²) in [7, 11) is 4.30. The van der Waals surface area contributed by atoms with E-state index in [1.807, 2.05) is 0 Å². The van der Waals surface area contributed by atoms with E-state index in [1.54, 1.807) is 0 Å². The molecule has 0 aliphatic heterocycles. The molecule has 3 rings (SSSR count). The molecule has 1 fully saturated rings. The maximum atomic E-state index is 9.10. The Morgan fingerprint density at radius 1 is 1.00 bits per heavy atom. The number of rotatable bonds is 6. The van der Waals surface area contributed by atoms with E-state index in [0.717, 1.165) is 18.7 Å². The Bertz CT molecular complexity index is 781. The predicted octanol–water partition coefficient (Wildman–Crippen LogP) is 4.27. The lowest BCUT2D eigenvalue weighted by atomic mass is 9.84. The van der Waals surface area contributed by atoms with E-state index in [0.29, 0.717) is 12.0 Å². The van der Waals surface area contributed by atoms with Gasteiger partial charge in [-0.2, -0.15) is 0 Å². The van der Waals surface area contributed by atoms with E-state index in [-0.39, 0.29) is 0 Å². The molecule has 0 heterocycles. The number of benzene rings is 2. The zero-order valence-corrected chi connectivity index (χ0v) is 17.2. The van der Waals surface area contributed by atoms with Gasteiger partial charge in [0.05, 0.1) is 0 Å². The van der Waals surface area contributed by atoms with Gasteiger partial charge in [0.15, 0.2) is 0 Å². The number of fused-ring (bicyclic) bond motifs is 1. The van der Waals surface area contributed by atoms with Gasteiger partial charge in [-0.1, -0.05) is 55.7 Å². The molecule has 1 aliphatic carbocycles. The van der Waals surface area contributed by atoms with Crippen molar-refractivity contribution in [1.29, 1.82) is 0 Å². The second-order valence-corrected chi connectivity index (χ2v) is 7.73. The number of carbonyl (C=O) groups is 2. The largest absolute Gasteiger partial charge is 0.489 e. The van der Waals surface area contributed by atoms with Crippen LogP contribution in [0.1, 0.15) is 38.5 Å². The van der Waals surface area contributed by atoms with Gasteiger partial charge in [0.1, 0.15) is 11.9 Å². The molecule has 2 N–H and O–H groups in total. The molecular formula is C23H31NO5. The molecule has 29 heavy (non-hydrogen) atoms. The van der Waals surface area contributed by atoms with Crippen LogP contribution >= 0.6 is 0 Å². The van der Waals surface area contributed by atoms with Crippen molar-refractivity contribution < 1.29 is 24.5 Å². The van der Waals surface area contributed by atoms with E-state index in [1.165, 1.54) is 42.9 Å². The molecule has 0 saturated heterocycles. The average molecular weight is 402 g/mol. The highest BCUT2D eigenvalue weighted by Gasteiger charge is 2.25. The minimum absolute atomic E-state index is 0.337. The summed E-state index contributed by atoms with van der Waals surface area (Å²) in [6.07, 6.45) is 8.21. The molecule has 1 atom stereocenters. The Balaban J connectivity index is 0.000000438. The van der Waals surface area contributed by atoms with Gasteiger partial charge in [-0.15, -0.1) is 0 Å². The molecule has 0 aromatic heterocycles. The molecule has 0 spiro atoms. The SMILES string of the molecule is CN(C)CCC(Oc1cccc2ccccc12)C1CCCCC1.O=C(O)C(=O)O. The molecule has 0 bridgehead atoms. The number of ether oxygens (including phenoxy) is 1. The molecule has 0 amide bonds. The van der Waals surface area contributed by atoms with Crippen LogP contribution in [0.2, 0.25) is 0 Å². The van der Waals surface area contributed by atoms with Crippen LogP contribution in [0, 0.1) is 5.92 Å². The van der Waals surface area contributed by atoms with Crippen molar-refractivity contribution >= 4 is 22.7 Å². The van der Waals surface area contributed by atoms with Gasteiger partial charge < -0.3 is 19.8 Å². The van der Waals surface area contributed by atoms with Crippen molar-refractivity contribution in [3.8, 4) is 5.75 Å². The molecule has 1 saturated carbocycles. The fraction of sp³-hybridized carbons (Fsp3) is 0.478. The van der Waals surface area contributed by atoms with Crippen molar-refractivity contribution in [2.24, 2.45) is 5.92 Å². The maximum absolute atomic E-state index is 9.10. The normalized spacial score (nSPS) is 15.4. The van der Waals surface area contributed by atoms with Crippen LogP contribution in [0.4, 0.5) is 0 Å². The number of hydrogen-bond donors (Lipinski definition) is 2. The highest BCUT2D eigenvalue weighted by Crippen LogP contribution is 2.33. The molecule has 158 valence electrons. The standard InChI is InChI=1S/C21H29NO.C2H2O4/c1-22(2)16-15-20(18-10-4-3-5-11-18)23-21-14-8-12-17-9-6-7-13-19(17)21;3-1(4)2(5)6/h6-9,12-14,18,20H,3-5,10-11,15-16H2,1-2H3;(H,3,4)(H,5,6). The van der Waals surface area contributed by atoms with E-state index < -0.39 is 11.9 Å². The van der Waals surface area contributed by atoms with Gasteiger partial charge in [-0.3, -0.25) is 0 Å². The van der Waals surface area contributed by atoms with Gasteiger partial charge in [-0.05, 0) is 50.7 Å². The van der Waals surface area contributed by atoms with E-state index in [9.17, 15) is 0 Å². The molecule has 6 heteroatoms. The minimum atomic E-state index is -1.82. The number of hydrogen-bond acceptors (Lipinski definition) is 4. The number of carboxylic acids is 2. The molecule has 1 unspecified atom stereocenters. The quantitative estimate of drug-likeness (QED) is 0.703. The smallest absolute Gasteiger partial charge is 0.414 e. The van der Waals surface area contributed by atoms with Gasteiger partial charge in [0.25, 0.3) is 0 Å². The fourth-order valence-electron chi connectivity index (χ4n) is 3.74. The first-order valence-corrected chi connectivity index (χ1v) is 10.1. The van der Waals surface area contributed by atoms with Crippen molar-refractivity contribution in [3.63, 3.8) is 0 Å². The highest BCUT2D eigenvalue weighted by atomic mass is 16.5. The van der Waals surface area contributed by atoms with Crippen LogP contribution in [0.25, 0.3) is 10.8 Å². The minimum Gasteiger partial charge on any atom is -0.489 e. The monoisotopic (exact) mass is 401 g/mol. The molecule has 2 aromatic rings. The van der Waals surface area contributed by atoms with Crippen LogP contribution in [0.5, 0.6) is 5.75 Å². The summed E-state index contributed by atoms with van der Waals surface area (Å²) in [5.41, 5.74) is 0. The Morgan fingerprint density at radius 2 is 1.62 bits per heavy atom. The maximum Gasteiger partial charge on any atom is 0.414 e. The molecule has 0 radical (unpaired) electrons. The Hall–Kier alpha value is -2.60. The second-order valence-electron chi connectivity index (χ2n) is 7.73. The number of carboxylic acid groups (broad SMARTS) is 2. The Labute approximate surface area is 172 Å². The third-order valence-corrected chi connectivity index (χ3v) is 5.25. The van der Waals surface area contributed by atoms with E-state index >= 15 is 0 Å². The Morgan fingerprint density at radius 3 is 2.24 bits per heavy atom. The summed E-state index contributed by atoms with van der Waals surface area (Å²) >= 11 is 0. The van der Waals surface area contributed by atoms with Crippen LogP contribution < -0.4 is 4.74 Å². The lowest BCUT2D eigenvalue weighted by molar-refractivity contribution is -0.159. The highest BCUT2D eigenvalue weighted by molar-refractivity contribution is 6.27. The molecule has 6 nitrogen and oxygen atoms in total. The van der Waals surface area contributed by atoms with Crippen LogP contribution in [0.15, 0.2) is 42.5 Å². The summed E-state index contributed by atoms with van der Waals surface area (Å²) < 4.78 is 6.59. The van der Waals surface area contributed by atoms with Crippen molar-refractivity contribution in [2.75, 3.05) is 20.6 Å². The van der Waals surface area contributed by atoms with E-state index in [2.05, 4.69) is 61.5 Å². The van der Waals surface area contributed by atoms with Gasteiger partial charge in [0.2, 0.25) is 0 Å². The van der Waals surface area contributed by atoms with Gasteiger partial charge >= 0.3 is 11.9 Å². The van der Waals surface area contributed by atoms with Crippen LogP contribution in [-0.2, 0) is 9.59 Å². The lowest BCUT2D eigenvalue weighted by Crippen LogP contribution is -2.32. The first-order valence-electron chi connectivity index (χ1n) is 10.1. The summed E-state index contributed by atoms with van der Waals surface area (Å²) in [5, 5.41) is 17.3. The number of aliphatic carboxylic acids is 2. The summed E-state index contributed by atoms with van der Waals surface area (Å²) in [6.45, 7) is 1.09. The van der Waals surface area contributed by atoms with Crippen LogP contribution in [0.3, 0.4) is 0 Å². The fourth-order valence-corrected chi connectivity index (χ4v) is 3.74. The summed E-state index contributed by atoms with van der Waals surface area (Å²) in [5.74, 6) is -1.88. The molecule has 1 aliphatic rings. The van der Waals surface area contributed by atoms with Crippen LogP contribution in [-0.4, -0.2) is 53.8 Å². The topological polar surface area (TPSA) is 87.1 Å². The van der Waals surface area contributed by atoms with Crippen molar-refractivity contribution in [1.82, 2.24) is 4.90 Å². The third-order valence-electron chi connectivity index (χ3n) is 5.25. The summed E-state index contributed by atoms with van der Waals surface area (Å²) in [6, 6.07) is 14.9.